The zero-order valence-corrected chi connectivity index (χ0v) is 16.3. The van der Waals surface area contributed by atoms with Crippen LogP contribution in [-0.4, -0.2) is 28.9 Å². The SMILES string of the molecule is Cc1c(C(=O)N2CCC[C@H](c3nc4ccccc4s3)C2)oc2c(F)cccc12. The van der Waals surface area contributed by atoms with Crippen molar-refractivity contribution in [3.63, 3.8) is 0 Å². The first kappa shape index (κ1) is 17.4. The number of aromatic nitrogens is 1. The molecule has 1 aliphatic heterocycles. The summed E-state index contributed by atoms with van der Waals surface area (Å²) < 4.78 is 20.9. The van der Waals surface area contributed by atoms with Crippen molar-refractivity contribution < 1.29 is 13.6 Å². The molecule has 0 saturated carbocycles. The van der Waals surface area contributed by atoms with Crippen molar-refractivity contribution in [3.8, 4) is 0 Å². The van der Waals surface area contributed by atoms with Crippen molar-refractivity contribution in [2.24, 2.45) is 0 Å². The summed E-state index contributed by atoms with van der Waals surface area (Å²) in [5.41, 5.74) is 1.86. The molecule has 0 bridgehead atoms. The molecule has 0 spiro atoms. The maximum atomic E-state index is 14.0. The number of hydrogen-bond acceptors (Lipinski definition) is 4. The molecule has 2 aromatic carbocycles. The van der Waals surface area contributed by atoms with Crippen LogP contribution in [0.2, 0.25) is 0 Å². The normalized spacial score (nSPS) is 17.5. The number of amides is 1. The minimum atomic E-state index is -0.439. The van der Waals surface area contributed by atoms with Gasteiger partial charge in [-0.2, -0.15) is 0 Å². The lowest BCUT2D eigenvalue weighted by Crippen LogP contribution is -2.39. The highest BCUT2D eigenvalue weighted by molar-refractivity contribution is 7.18. The molecule has 2 aromatic heterocycles. The monoisotopic (exact) mass is 394 g/mol. The summed E-state index contributed by atoms with van der Waals surface area (Å²) in [6.45, 7) is 3.10. The largest absolute Gasteiger partial charge is 0.448 e. The highest BCUT2D eigenvalue weighted by Crippen LogP contribution is 2.34. The summed E-state index contributed by atoms with van der Waals surface area (Å²) in [7, 11) is 0. The van der Waals surface area contributed by atoms with E-state index in [0.29, 0.717) is 24.0 Å². The van der Waals surface area contributed by atoms with Crippen LogP contribution >= 0.6 is 11.3 Å². The Morgan fingerprint density at radius 1 is 1.25 bits per heavy atom. The van der Waals surface area contributed by atoms with Gasteiger partial charge in [-0.1, -0.05) is 24.3 Å². The van der Waals surface area contributed by atoms with Crippen LogP contribution in [-0.2, 0) is 0 Å². The lowest BCUT2D eigenvalue weighted by molar-refractivity contribution is 0.0676. The van der Waals surface area contributed by atoms with Crippen molar-refractivity contribution >= 4 is 38.4 Å². The fourth-order valence-corrected chi connectivity index (χ4v) is 5.08. The molecular weight excluding hydrogens is 375 g/mol. The minimum Gasteiger partial charge on any atom is -0.448 e. The van der Waals surface area contributed by atoms with Crippen LogP contribution in [0.5, 0.6) is 0 Å². The second kappa shape index (κ2) is 6.71. The number of para-hydroxylation sites is 2. The highest BCUT2D eigenvalue weighted by atomic mass is 32.1. The predicted octanol–water partition coefficient (Wildman–Crippen LogP) is 5.51. The molecule has 4 nitrogen and oxygen atoms in total. The van der Waals surface area contributed by atoms with Crippen molar-refractivity contribution in [2.75, 3.05) is 13.1 Å². The van der Waals surface area contributed by atoms with Gasteiger partial charge in [-0.3, -0.25) is 4.79 Å². The van der Waals surface area contributed by atoms with Gasteiger partial charge in [0, 0.05) is 30.0 Å². The van der Waals surface area contributed by atoms with E-state index < -0.39 is 5.82 Å². The maximum absolute atomic E-state index is 14.0. The summed E-state index contributed by atoms with van der Waals surface area (Å²) in [6, 6.07) is 12.9. The number of furan rings is 1. The van der Waals surface area contributed by atoms with Gasteiger partial charge in [0.2, 0.25) is 0 Å². The van der Waals surface area contributed by atoms with Crippen molar-refractivity contribution in [1.82, 2.24) is 9.88 Å². The molecule has 5 rings (SSSR count). The summed E-state index contributed by atoms with van der Waals surface area (Å²) in [4.78, 5) is 19.7. The van der Waals surface area contributed by atoms with E-state index in [1.54, 1.807) is 23.5 Å². The average molecular weight is 394 g/mol. The smallest absolute Gasteiger partial charge is 0.289 e. The topological polar surface area (TPSA) is 46.3 Å². The number of halogens is 1. The third-order valence-corrected chi connectivity index (χ3v) is 6.68. The van der Waals surface area contributed by atoms with E-state index in [0.717, 1.165) is 23.4 Å². The number of carbonyl (C=O) groups excluding carboxylic acids is 1. The van der Waals surface area contributed by atoms with E-state index in [2.05, 4.69) is 6.07 Å². The molecule has 28 heavy (non-hydrogen) atoms. The van der Waals surface area contributed by atoms with Gasteiger partial charge >= 0.3 is 0 Å². The lowest BCUT2D eigenvalue weighted by atomic mass is 9.98. The molecule has 6 heteroatoms. The molecule has 0 radical (unpaired) electrons. The van der Waals surface area contributed by atoms with Crippen LogP contribution < -0.4 is 0 Å². The van der Waals surface area contributed by atoms with E-state index in [1.165, 1.54) is 10.8 Å². The number of rotatable bonds is 2. The van der Waals surface area contributed by atoms with Gasteiger partial charge in [-0.15, -0.1) is 11.3 Å². The van der Waals surface area contributed by atoms with Crippen molar-refractivity contribution in [1.29, 1.82) is 0 Å². The van der Waals surface area contributed by atoms with E-state index >= 15 is 0 Å². The number of fused-ring (bicyclic) bond motifs is 2. The predicted molar refractivity (Wildman–Crippen MR) is 108 cm³/mol. The van der Waals surface area contributed by atoms with E-state index in [4.69, 9.17) is 9.40 Å². The van der Waals surface area contributed by atoms with Crippen LogP contribution in [0.25, 0.3) is 21.2 Å². The Balaban J connectivity index is 1.44. The van der Waals surface area contributed by atoms with E-state index in [-0.39, 0.29) is 23.2 Å². The van der Waals surface area contributed by atoms with Crippen molar-refractivity contribution in [2.45, 2.75) is 25.7 Å². The Hall–Kier alpha value is -2.73. The lowest BCUT2D eigenvalue weighted by Gasteiger charge is -2.31. The number of benzene rings is 2. The van der Waals surface area contributed by atoms with Gasteiger partial charge < -0.3 is 9.32 Å². The van der Waals surface area contributed by atoms with Crippen LogP contribution in [0.3, 0.4) is 0 Å². The first-order chi connectivity index (χ1) is 13.6. The van der Waals surface area contributed by atoms with Gasteiger partial charge in [0.25, 0.3) is 5.91 Å². The first-order valence-electron chi connectivity index (χ1n) is 9.44. The van der Waals surface area contributed by atoms with Gasteiger partial charge in [-0.25, -0.2) is 9.37 Å². The van der Waals surface area contributed by atoms with Gasteiger partial charge in [0.05, 0.1) is 15.2 Å². The third kappa shape index (κ3) is 2.79. The number of aryl methyl sites for hydroxylation is 1. The summed E-state index contributed by atoms with van der Waals surface area (Å²) >= 11 is 1.70. The van der Waals surface area contributed by atoms with Crippen LogP contribution in [0, 0.1) is 12.7 Å². The number of nitrogens with zero attached hydrogens (tertiary/aromatic N) is 2. The number of hydrogen-bond donors (Lipinski definition) is 0. The fraction of sp³-hybridized carbons (Fsp3) is 0.273. The Bertz CT molecular complexity index is 1160. The van der Waals surface area contributed by atoms with Crippen molar-refractivity contribution in [3.05, 3.63) is 64.6 Å². The van der Waals surface area contributed by atoms with Crippen LogP contribution in [0.1, 0.15) is 39.9 Å². The zero-order chi connectivity index (χ0) is 19.3. The zero-order valence-electron chi connectivity index (χ0n) is 15.4. The second-order valence-electron chi connectivity index (χ2n) is 7.28. The molecule has 142 valence electrons. The molecule has 0 N–H and O–H groups in total. The summed E-state index contributed by atoms with van der Waals surface area (Å²) in [6.07, 6.45) is 1.93. The number of thiazole rings is 1. The minimum absolute atomic E-state index is 0.156. The Kier molecular flexibility index (Phi) is 4.16. The first-order valence-corrected chi connectivity index (χ1v) is 10.3. The molecule has 1 fully saturated rings. The molecule has 0 unspecified atom stereocenters. The van der Waals surface area contributed by atoms with Crippen LogP contribution in [0.15, 0.2) is 46.9 Å². The molecule has 0 aliphatic carbocycles. The molecule has 1 atom stereocenters. The quantitative estimate of drug-likeness (QED) is 0.450. The number of carbonyl (C=O) groups is 1. The third-order valence-electron chi connectivity index (χ3n) is 5.48. The van der Waals surface area contributed by atoms with E-state index in [9.17, 15) is 9.18 Å². The molecule has 1 aliphatic rings. The summed E-state index contributed by atoms with van der Waals surface area (Å²) in [5.74, 6) is -0.147. The number of likely N-dealkylation sites (tertiary alicyclic amines) is 1. The number of piperidine rings is 1. The summed E-state index contributed by atoms with van der Waals surface area (Å²) in [5, 5.41) is 1.73. The molecule has 1 amide bonds. The second-order valence-corrected chi connectivity index (χ2v) is 8.35. The molecule has 3 heterocycles. The average Bonchev–Trinajstić information content (AvgIpc) is 3.30. The van der Waals surface area contributed by atoms with Gasteiger partial charge in [0.1, 0.15) is 0 Å². The standard InChI is InChI=1S/C22H19FN2O2S/c1-13-15-7-4-8-16(23)20(15)27-19(13)22(26)25-11-5-6-14(12-25)21-24-17-9-2-3-10-18(17)28-21/h2-4,7-10,14H,5-6,11-12H2,1H3/t14-/m0/s1. The Labute approximate surface area is 165 Å². The Morgan fingerprint density at radius 2 is 2.11 bits per heavy atom. The Morgan fingerprint density at radius 3 is 2.93 bits per heavy atom. The molecule has 4 aromatic rings. The molecule has 1 saturated heterocycles. The fourth-order valence-electron chi connectivity index (χ4n) is 3.98. The van der Waals surface area contributed by atoms with Crippen LogP contribution in [0.4, 0.5) is 4.39 Å². The van der Waals surface area contributed by atoms with Gasteiger partial charge in [-0.05, 0) is 38.0 Å². The van der Waals surface area contributed by atoms with E-state index in [1.807, 2.05) is 30.0 Å². The van der Waals surface area contributed by atoms with Gasteiger partial charge in [0.15, 0.2) is 17.2 Å². The maximum Gasteiger partial charge on any atom is 0.289 e. The molecular formula is C22H19FN2O2S. The highest BCUT2D eigenvalue weighted by Gasteiger charge is 2.30.